The molecule has 4 rings (SSSR count). The number of anilines is 2. The summed E-state index contributed by atoms with van der Waals surface area (Å²) >= 11 is 6.56. The molecule has 0 unspecified atom stereocenters. The third kappa shape index (κ3) is 6.67. The van der Waals surface area contributed by atoms with Crippen LogP contribution in [0.1, 0.15) is 58.6 Å². The zero-order chi connectivity index (χ0) is 27.2. The molecule has 0 radical (unpaired) electrons. The van der Waals surface area contributed by atoms with E-state index in [9.17, 15) is 18.0 Å². The lowest BCUT2D eigenvalue weighted by Crippen LogP contribution is -2.45. The van der Waals surface area contributed by atoms with E-state index in [1.165, 1.54) is 24.3 Å². The number of fused-ring (bicyclic) bond motifs is 1. The number of benzene rings is 2. The second-order valence-corrected chi connectivity index (χ2v) is 10.9. The summed E-state index contributed by atoms with van der Waals surface area (Å²) in [6.07, 6.45) is -3.20. The molecule has 0 aliphatic carbocycles. The molecule has 1 saturated heterocycles. The van der Waals surface area contributed by atoms with E-state index in [2.05, 4.69) is 10.1 Å². The number of hydrogen-bond donors (Lipinski definition) is 2. The fourth-order valence-electron chi connectivity index (χ4n) is 5.14. The molecule has 0 amide bonds. The number of carboxylic acid groups (broad SMARTS) is 1. The summed E-state index contributed by atoms with van der Waals surface area (Å²) in [6, 6.07) is 8.97. The van der Waals surface area contributed by atoms with Crippen LogP contribution < -0.4 is 10.1 Å². The Morgan fingerprint density at radius 3 is 2.38 bits per heavy atom. The third-order valence-corrected chi connectivity index (χ3v) is 6.53. The molecular weight excluding hydrogens is 511 g/mol. The summed E-state index contributed by atoms with van der Waals surface area (Å²) in [6.45, 7) is 8.12. The van der Waals surface area contributed by atoms with Crippen LogP contribution in [0.2, 0.25) is 5.02 Å². The number of carboxylic acids is 1. The zero-order valence-corrected chi connectivity index (χ0v) is 21.7. The molecule has 1 aliphatic heterocycles. The molecule has 2 heterocycles. The van der Waals surface area contributed by atoms with E-state index in [1.54, 1.807) is 12.1 Å². The number of aromatic nitrogens is 2. The number of aliphatic carboxylic acids is 1. The van der Waals surface area contributed by atoms with Crippen molar-refractivity contribution >= 4 is 40.2 Å². The van der Waals surface area contributed by atoms with Gasteiger partial charge in [0.05, 0.1) is 22.2 Å². The SMILES string of the molecule is CC1(C)CC(n2c(Nc3ccc(OC(F)(F)F)cc3)nc3cc(CCC(=O)O)c(Cl)cc32)CC(C)(C)O1. The highest BCUT2D eigenvalue weighted by molar-refractivity contribution is 6.32. The summed E-state index contributed by atoms with van der Waals surface area (Å²) in [5.41, 5.74) is 1.76. The molecule has 200 valence electrons. The first-order chi connectivity index (χ1) is 17.1. The second kappa shape index (κ2) is 9.72. The second-order valence-electron chi connectivity index (χ2n) is 10.5. The number of aryl methyl sites for hydroxylation is 1. The number of halogens is 4. The number of carbonyl (C=O) groups is 1. The summed E-state index contributed by atoms with van der Waals surface area (Å²) in [5, 5.41) is 12.8. The van der Waals surface area contributed by atoms with Gasteiger partial charge in [-0.05, 0) is 88.9 Å². The molecule has 0 spiro atoms. The van der Waals surface area contributed by atoms with Crippen molar-refractivity contribution < 1.29 is 32.5 Å². The first kappa shape index (κ1) is 27.1. The molecule has 11 heteroatoms. The Bertz CT molecular complexity index is 1290. The fourth-order valence-corrected chi connectivity index (χ4v) is 5.39. The van der Waals surface area contributed by atoms with Crippen LogP contribution in [0.3, 0.4) is 0 Å². The van der Waals surface area contributed by atoms with Crippen LogP contribution in [0.25, 0.3) is 11.0 Å². The summed E-state index contributed by atoms with van der Waals surface area (Å²) in [5.74, 6) is -0.757. The van der Waals surface area contributed by atoms with Crippen LogP contribution >= 0.6 is 11.6 Å². The molecule has 0 atom stereocenters. The minimum absolute atomic E-state index is 0.0278. The Morgan fingerprint density at radius 2 is 1.81 bits per heavy atom. The molecule has 2 N–H and O–H groups in total. The van der Waals surface area contributed by atoms with E-state index >= 15 is 0 Å². The molecule has 0 bridgehead atoms. The predicted molar refractivity (Wildman–Crippen MR) is 135 cm³/mol. The van der Waals surface area contributed by atoms with Crippen LogP contribution in [0.5, 0.6) is 5.75 Å². The molecule has 0 saturated carbocycles. The van der Waals surface area contributed by atoms with E-state index in [4.69, 9.17) is 26.4 Å². The van der Waals surface area contributed by atoms with Gasteiger partial charge in [0, 0.05) is 23.2 Å². The van der Waals surface area contributed by atoms with Gasteiger partial charge in [0.15, 0.2) is 0 Å². The van der Waals surface area contributed by atoms with E-state index in [0.717, 1.165) is 5.52 Å². The summed E-state index contributed by atoms with van der Waals surface area (Å²) < 4.78 is 49.9. The van der Waals surface area contributed by atoms with Gasteiger partial charge in [0.2, 0.25) is 5.95 Å². The third-order valence-electron chi connectivity index (χ3n) is 6.18. The highest BCUT2D eigenvalue weighted by Crippen LogP contribution is 2.44. The van der Waals surface area contributed by atoms with E-state index in [1.807, 2.05) is 32.3 Å². The van der Waals surface area contributed by atoms with Crippen molar-refractivity contribution in [2.75, 3.05) is 5.32 Å². The molecule has 1 aromatic heterocycles. The lowest BCUT2D eigenvalue weighted by atomic mass is 9.85. The Kier molecular flexibility index (Phi) is 7.11. The summed E-state index contributed by atoms with van der Waals surface area (Å²) in [7, 11) is 0. The van der Waals surface area contributed by atoms with Crippen LogP contribution in [-0.2, 0) is 16.0 Å². The molecule has 1 aliphatic rings. The average Bonchev–Trinajstić information content (AvgIpc) is 3.06. The molecule has 1 fully saturated rings. The van der Waals surface area contributed by atoms with Crippen LogP contribution in [0.15, 0.2) is 36.4 Å². The van der Waals surface area contributed by atoms with Gasteiger partial charge in [-0.3, -0.25) is 4.79 Å². The quantitative estimate of drug-likeness (QED) is 0.329. The lowest BCUT2D eigenvalue weighted by molar-refractivity contribution is -0.274. The maximum atomic E-state index is 12.6. The van der Waals surface area contributed by atoms with Crippen molar-refractivity contribution in [2.45, 2.75) is 77.0 Å². The fraction of sp³-hybridized carbons (Fsp3) is 0.462. The molecule has 37 heavy (non-hydrogen) atoms. The van der Waals surface area contributed by atoms with E-state index < -0.39 is 23.5 Å². The minimum Gasteiger partial charge on any atom is -0.481 e. The zero-order valence-electron chi connectivity index (χ0n) is 20.9. The normalized spacial score (nSPS) is 17.6. The van der Waals surface area contributed by atoms with Gasteiger partial charge in [0.1, 0.15) is 5.75 Å². The van der Waals surface area contributed by atoms with Crippen molar-refractivity contribution in [3.8, 4) is 5.75 Å². The minimum atomic E-state index is -4.77. The van der Waals surface area contributed by atoms with E-state index in [-0.39, 0.29) is 24.6 Å². The lowest BCUT2D eigenvalue weighted by Gasteiger charge is -2.46. The van der Waals surface area contributed by atoms with Gasteiger partial charge >= 0.3 is 12.3 Å². The number of hydrogen-bond acceptors (Lipinski definition) is 5. The van der Waals surface area contributed by atoms with Crippen LogP contribution in [0, 0.1) is 0 Å². The van der Waals surface area contributed by atoms with Gasteiger partial charge in [-0.25, -0.2) is 4.98 Å². The summed E-state index contributed by atoms with van der Waals surface area (Å²) in [4.78, 5) is 15.9. The van der Waals surface area contributed by atoms with Gasteiger partial charge in [-0.15, -0.1) is 13.2 Å². The number of nitrogens with one attached hydrogen (secondary N) is 1. The smallest absolute Gasteiger partial charge is 0.481 e. The Hall–Kier alpha value is -2.98. The molecular formula is C26H29ClF3N3O4. The topological polar surface area (TPSA) is 85.6 Å². The number of ether oxygens (including phenoxy) is 2. The number of alkyl halides is 3. The highest BCUT2D eigenvalue weighted by Gasteiger charge is 2.41. The van der Waals surface area contributed by atoms with Gasteiger partial charge in [-0.2, -0.15) is 0 Å². The number of imidazole rings is 1. The van der Waals surface area contributed by atoms with Crippen molar-refractivity contribution in [1.29, 1.82) is 0 Å². The van der Waals surface area contributed by atoms with E-state index in [0.29, 0.717) is 40.6 Å². The maximum Gasteiger partial charge on any atom is 0.573 e. The maximum absolute atomic E-state index is 12.6. The molecule has 2 aromatic carbocycles. The standard InChI is InChI=1S/C26H29ClF3N3O4/c1-24(2)13-17(14-25(3,4)37-24)33-21-12-19(27)15(5-10-22(34)35)11-20(21)32-23(33)31-16-6-8-18(9-7-16)36-26(28,29)30/h6-9,11-12,17H,5,10,13-14H2,1-4H3,(H,31,32)(H,34,35). The molecule has 7 nitrogen and oxygen atoms in total. The number of nitrogens with zero attached hydrogens (tertiary/aromatic N) is 2. The van der Waals surface area contributed by atoms with Gasteiger partial charge in [0.25, 0.3) is 0 Å². The Balaban J connectivity index is 1.76. The Morgan fingerprint density at radius 1 is 1.19 bits per heavy atom. The van der Waals surface area contributed by atoms with Gasteiger partial charge in [-0.1, -0.05) is 11.6 Å². The average molecular weight is 540 g/mol. The van der Waals surface area contributed by atoms with Crippen LogP contribution in [0.4, 0.5) is 24.8 Å². The van der Waals surface area contributed by atoms with Crippen LogP contribution in [-0.4, -0.2) is 38.2 Å². The van der Waals surface area contributed by atoms with Crippen molar-refractivity contribution in [3.63, 3.8) is 0 Å². The van der Waals surface area contributed by atoms with Gasteiger partial charge < -0.3 is 24.5 Å². The first-order valence-corrected chi connectivity index (χ1v) is 12.2. The monoisotopic (exact) mass is 539 g/mol. The molecule has 3 aromatic rings. The van der Waals surface area contributed by atoms with Crippen molar-refractivity contribution in [1.82, 2.24) is 9.55 Å². The Labute approximate surface area is 217 Å². The van der Waals surface area contributed by atoms with Crippen molar-refractivity contribution in [2.24, 2.45) is 0 Å². The number of rotatable bonds is 7. The predicted octanol–water partition coefficient (Wildman–Crippen LogP) is 7.26. The largest absolute Gasteiger partial charge is 0.573 e. The highest BCUT2D eigenvalue weighted by atomic mass is 35.5. The first-order valence-electron chi connectivity index (χ1n) is 11.9. The van der Waals surface area contributed by atoms with Crippen molar-refractivity contribution in [3.05, 3.63) is 47.0 Å².